The van der Waals surface area contributed by atoms with Crippen molar-refractivity contribution in [3.63, 3.8) is 0 Å². The summed E-state index contributed by atoms with van der Waals surface area (Å²) in [5, 5.41) is 25.8. The minimum atomic E-state index is -1.04. The summed E-state index contributed by atoms with van der Waals surface area (Å²) in [7, 11) is 1.29. The van der Waals surface area contributed by atoms with Gasteiger partial charge in [0.25, 0.3) is 0 Å². The van der Waals surface area contributed by atoms with Gasteiger partial charge in [-0.3, -0.25) is 4.79 Å². The fourth-order valence-corrected chi connectivity index (χ4v) is 5.42. The third-order valence-corrected chi connectivity index (χ3v) is 7.95. The number of ether oxygens (including phenoxy) is 1. The molecular formula is C29H28BrN5O5. The number of hydrogen-bond donors (Lipinski definition) is 4. The van der Waals surface area contributed by atoms with Crippen molar-refractivity contribution in [1.29, 1.82) is 0 Å². The smallest absolute Gasteiger partial charge is 0.337 e. The number of nitrogen functional groups attached to an aromatic ring is 1. The molecule has 40 heavy (non-hydrogen) atoms. The highest BCUT2D eigenvalue weighted by atomic mass is 79.9. The lowest BCUT2D eigenvalue weighted by atomic mass is 9.95. The van der Waals surface area contributed by atoms with Crippen molar-refractivity contribution in [2.45, 2.75) is 37.5 Å². The normalized spacial score (nSPS) is 20.4. The van der Waals surface area contributed by atoms with Crippen molar-refractivity contribution < 1.29 is 24.5 Å². The van der Waals surface area contributed by atoms with E-state index in [2.05, 4.69) is 36.2 Å². The molecule has 1 aliphatic rings. The number of esters is 1. The fraction of sp³-hybridized carbons (Fsp3) is 0.276. The lowest BCUT2D eigenvalue weighted by molar-refractivity contribution is 0.0158. The van der Waals surface area contributed by atoms with Crippen molar-refractivity contribution in [2.75, 3.05) is 18.2 Å². The van der Waals surface area contributed by atoms with Crippen molar-refractivity contribution in [3.8, 4) is 0 Å². The Balaban J connectivity index is 1.27. The Labute approximate surface area is 238 Å². The second kappa shape index (κ2) is 11.7. The summed E-state index contributed by atoms with van der Waals surface area (Å²) in [5.41, 5.74) is 8.67. The summed E-state index contributed by atoms with van der Waals surface area (Å²) in [6, 6.07) is 13.5. The highest BCUT2D eigenvalue weighted by Gasteiger charge is 2.41. The zero-order chi connectivity index (χ0) is 28.4. The molecule has 5 rings (SSSR count). The van der Waals surface area contributed by atoms with Gasteiger partial charge in [0.2, 0.25) is 0 Å². The van der Waals surface area contributed by atoms with Crippen LogP contribution in [0, 0.1) is 5.92 Å². The van der Waals surface area contributed by atoms with Gasteiger partial charge in [0, 0.05) is 17.1 Å². The number of pyridine rings is 1. The number of aliphatic hydroxyl groups is 2. The standard InChI is InChI=1S/C29H28BrN5O5/c1-40-29(39)17-8-6-16(7-9-17)24(36)20-13-32-14-33-28(20)35-23-12-19(25(37)26(23)38)5-3-15-2-4-18-11-21(30)27(31)34-22(18)10-15/h2,4,6-11,13-14,19,23,25-26,37-38H,3,5,12H2,1H3,(H2,31,34)(H,32,33,35)/t19-,23+,25+,26-/m0/s1. The molecule has 1 saturated carbocycles. The zero-order valence-corrected chi connectivity index (χ0v) is 23.2. The first-order chi connectivity index (χ1) is 19.2. The summed E-state index contributed by atoms with van der Waals surface area (Å²) >= 11 is 3.40. The lowest BCUT2D eigenvalue weighted by Gasteiger charge is -2.19. The molecule has 0 spiro atoms. The Morgan fingerprint density at radius 1 is 1.10 bits per heavy atom. The summed E-state index contributed by atoms with van der Waals surface area (Å²) in [6.07, 6.45) is 2.56. The number of nitrogens with zero attached hydrogens (tertiary/aromatic N) is 3. The van der Waals surface area contributed by atoms with Crippen LogP contribution in [0.25, 0.3) is 10.9 Å². The van der Waals surface area contributed by atoms with Gasteiger partial charge < -0.3 is 26.0 Å². The SMILES string of the molecule is COC(=O)c1ccc(C(=O)c2cncnc2N[C@@H]2C[C@H](CCc3ccc4cc(Br)c(N)nc4c3)[C@@H](O)[C@H]2O)cc1. The van der Waals surface area contributed by atoms with Gasteiger partial charge in [0.05, 0.1) is 40.4 Å². The van der Waals surface area contributed by atoms with Crippen LogP contribution in [0.15, 0.2) is 65.5 Å². The van der Waals surface area contributed by atoms with Gasteiger partial charge in [-0.2, -0.15) is 0 Å². The van der Waals surface area contributed by atoms with Crippen molar-refractivity contribution in [3.05, 3.63) is 87.8 Å². The molecule has 0 amide bonds. The van der Waals surface area contributed by atoms with Crippen molar-refractivity contribution in [2.24, 2.45) is 5.92 Å². The maximum Gasteiger partial charge on any atom is 0.337 e. The third-order valence-electron chi connectivity index (χ3n) is 7.32. The first-order valence-electron chi connectivity index (χ1n) is 12.8. The van der Waals surface area contributed by atoms with E-state index in [-0.39, 0.29) is 23.1 Å². The van der Waals surface area contributed by atoms with Crippen LogP contribution in [0.4, 0.5) is 11.6 Å². The molecule has 11 heteroatoms. The number of nitrogens with one attached hydrogen (secondary N) is 1. The average Bonchev–Trinajstić information content (AvgIpc) is 3.24. The Hall–Kier alpha value is -3.93. The van der Waals surface area contributed by atoms with Crippen LogP contribution in [0.1, 0.15) is 44.7 Å². The van der Waals surface area contributed by atoms with E-state index in [9.17, 15) is 19.8 Å². The monoisotopic (exact) mass is 605 g/mol. The number of anilines is 2. The summed E-state index contributed by atoms with van der Waals surface area (Å²) in [5.74, 6) is -0.324. The summed E-state index contributed by atoms with van der Waals surface area (Å²) in [6.45, 7) is 0. The van der Waals surface area contributed by atoms with Gasteiger partial charge in [-0.1, -0.05) is 24.3 Å². The molecular weight excluding hydrogens is 578 g/mol. The quantitative estimate of drug-likeness (QED) is 0.173. The molecule has 2 aromatic heterocycles. The van der Waals surface area contributed by atoms with Gasteiger partial charge in [-0.05, 0) is 70.9 Å². The number of aliphatic hydroxyl groups excluding tert-OH is 2. The van der Waals surface area contributed by atoms with E-state index in [1.54, 1.807) is 0 Å². The Morgan fingerprint density at radius 2 is 1.85 bits per heavy atom. The van der Waals surface area contributed by atoms with Crippen LogP contribution in [-0.2, 0) is 11.2 Å². The minimum absolute atomic E-state index is 0.169. The van der Waals surface area contributed by atoms with Crippen molar-refractivity contribution in [1.82, 2.24) is 15.0 Å². The zero-order valence-electron chi connectivity index (χ0n) is 21.6. The molecule has 1 aliphatic carbocycles. The van der Waals surface area contributed by atoms with Crippen LogP contribution in [0.2, 0.25) is 0 Å². The molecule has 4 aromatic rings. The molecule has 0 bridgehead atoms. The Morgan fingerprint density at radius 3 is 2.60 bits per heavy atom. The van der Waals surface area contributed by atoms with Crippen LogP contribution in [-0.4, -0.2) is 62.3 Å². The number of aromatic nitrogens is 3. The van der Waals surface area contributed by atoms with Crippen LogP contribution >= 0.6 is 15.9 Å². The average molecular weight is 606 g/mol. The number of ketones is 1. The van der Waals surface area contributed by atoms with Crippen LogP contribution in [0.3, 0.4) is 0 Å². The first-order valence-corrected chi connectivity index (χ1v) is 13.5. The number of carbonyl (C=O) groups is 2. The molecule has 2 aromatic carbocycles. The highest BCUT2D eigenvalue weighted by Crippen LogP contribution is 2.33. The van der Waals surface area contributed by atoms with E-state index in [1.807, 2.05) is 24.3 Å². The van der Waals surface area contributed by atoms with Crippen LogP contribution < -0.4 is 11.1 Å². The predicted molar refractivity (Wildman–Crippen MR) is 153 cm³/mol. The topological polar surface area (TPSA) is 161 Å². The molecule has 4 atom stereocenters. The molecule has 1 fully saturated rings. The van der Waals surface area contributed by atoms with Gasteiger partial charge >= 0.3 is 5.97 Å². The number of aryl methyl sites for hydroxylation is 1. The second-order valence-corrected chi connectivity index (χ2v) is 10.7. The number of rotatable bonds is 8. The van der Waals surface area contributed by atoms with E-state index >= 15 is 0 Å². The largest absolute Gasteiger partial charge is 0.465 e. The molecule has 206 valence electrons. The number of fused-ring (bicyclic) bond motifs is 1. The number of nitrogens with two attached hydrogens (primary N) is 1. The molecule has 2 heterocycles. The van der Waals surface area contributed by atoms with Gasteiger partial charge in [-0.25, -0.2) is 19.7 Å². The molecule has 0 radical (unpaired) electrons. The summed E-state index contributed by atoms with van der Waals surface area (Å²) < 4.78 is 5.45. The maximum atomic E-state index is 13.2. The highest BCUT2D eigenvalue weighted by molar-refractivity contribution is 9.10. The van der Waals surface area contributed by atoms with Gasteiger partial charge in [0.15, 0.2) is 5.78 Å². The number of methoxy groups -OCH3 is 1. The second-order valence-electron chi connectivity index (χ2n) is 9.83. The van der Waals surface area contributed by atoms with Gasteiger partial charge in [-0.15, -0.1) is 0 Å². The Kier molecular flexibility index (Phi) is 8.06. The summed E-state index contributed by atoms with van der Waals surface area (Å²) in [4.78, 5) is 37.6. The van der Waals surface area contributed by atoms with E-state index in [0.29, 0.717) is 36.2 Å². The molecule has 0 saturated heterocycles. The molecule has 0 aliphatic heterocycles. The fourth-order valence-electron chi connectivity index (χ4n) is 5.08. The number of hydrogen-bond acceptors (Lipinski definition) is 10. The van der Waals surface area contributed by atoms with E-state index in [0.717, 1.165) is 20.9 Å². The number of benzene rings is 2. The van der Waals surface area contributed by atoms with E-state index < -0.39 is 24.2 Å². The lowest BCUT2D eigenvalue weighted by Crippen LogP contribution is -2.35. The first kappa shape index (κ1) is 27.6. The predicted octanol–water partition coefficient (Wildman–Crippen LogP) is 3.54. The van der Waals surface area contributed by atoms with E-state index in [4.69, 9.17) is 10.5 Å². The van der Waals surface area contributed by atoms with Crippen molar-refractivity contribution >= 4 is 50.2 Å². The van der Waals surface area contributed by atoms with E-state index in [1.165, 1.54) is 43.9 Å². The minimum Gasteiger partial charge on any atom is -0.465 e. The molecule has 0 unspecified atom stereocenters. The van der Waals surface area contributed by atoms with Crippen LogP contribution in [0.5, 0.6) is 0 Å². The molecule has 5 N–H and O–H groups in total. The molecule has 10 nitrogen and oxygen atoms in total. The maximum absolute atomic E-state index is 13.2. The van der Waals surface area contributed by atoms with Gasteiger partial charge in [0.1, 0.15) is 24.1 Å². The third kappa shape index (κ3) is 5.67. The number of carbonyl (C=O) groups excluding carboxylic acids is 2. The number of halogens is 1. The Bertz CT molecular complexity index is 1560.